The van der Waals surface area contributed by atoms with Gasteiger partial charge in [0.05, 0.1) is 5.69 Å². The van der Waals surface area contributed by atoms with Crippen LogP contribution in [0.5, 0.6) is 0 Å². The van der Waals surface area contributed by atoms with E-state index in [9.17, 15) is 4.79 Å². The molecule has 1 aliphatic heterocycles. The van der Waals surface area contributed by atoms with Crippen LogP contribution in [0.25, 0.3) is 6.08 Å². The van der Waals surface area contributed by atoms with Crippen LogP contribution >= 0.6 is 15.9 Å². The van der Waals surface area contributed by atoms with Crippen molar-refractivity contribution in [2.24, 2.45) is 10.7 Å². The maximum absolute atomic E-state index is 12.8. The predicted molar refractivity (Wildman–Crippen MR) is 94.9 cm³/mol. The zero-order valence-electron chi connectivity index (χ0n) is 12.8. The minimum Gasteiger partial charge on any atom is -0.387 e. The fourth-order valence-corrected chi connectivity index (χ4v) is 2.83. The average Bonchev–Trinajstić information content (AvgIpc) is 2.64. The van der Waals surface area contributed by atoms with E-state index >= 15 is 0 Å². The molecule has 5 heteroatoms. The molecule has 1 aromatic rings. The van der Waals surface area contributed by atoms with Crippen LogP contribution in [0.3, 0.4) is 0 Å². The Morgan fingerprint density at radius 1 is 1.45 bits per heavy atom. The van der Waals surface area contributed by atoms with Gasteiger partial charge in [-0.05, 0) is 31.1 Å². The van der Waals surface area contributed by atoms with Crippen molar-refractivity contribution in [1.82, 2.24) is 4.90 Å². The monoisotopic (exact) mass is 362 g/mol. The molecule has 117 valence electrons. The van der Waals surface area contributed by atoms with Crippen LogP contribution in [0, 0.1) is 6.92 Å². The number of carbonyl (C=O) groups excluding carboxylic acids is 1. The van der Waals surface area contributed by atoms with Gasteiger partial charge in [-0.15, -0.1) is 0 Å². The van der Waals surface area contributed by atoms with Crippen molar-refractivity contribution in [2.75, 3.05) is 13.1 Å². The van der Waals surface area contributed by atoms with E-state index in [0.29, 0.717) is 30.8 Å². The number of aliphatic imine (C=N–C) groups is 1. The largest absolute Gasteiger partial charge is 0.387 e. The van der Waals surface area contributed by atoms with Gasteiger partial charge in [-0.3, -0.25) is 4.79 Å². The molecule has 22 heavy (non-hydrogen) atoms. The lowest BCUT2D eigenvalue weighted by molar-refractivity contribution is -0.127. The van der Waals surface area contributed by atoms with E-state index in [0.717, 1.165) is 28.7 Å². The number of fused-ring (bicyclic) bond motifs is 1. The first kappa shape index (κ1) is 16.7. The van der Waals surface area contributed by atoms with E-state index < -0.39 is 0 Å². The number of rotatable bonds is 5. The Labute approximate surface area is 140 Å². The number of halogens is 1. The third-order valence-corrected chi connectivity index (χ3v) is 3.93. The highest BCUT2D eigenvalue weighted by molar-refractivity contribution is 9.10. The summed E-state index contributed by atoms with van der Waals surface area (Å²) in [4.78, 5) is 19.0. The molecule has 1 amide bonds. The Balaban J connectivity index is 2.36. The molecule has 4 nitrogen and oxygen atoms in total. The standard InChI is InChI=1S/C17H21BrN3O/c1-3-7-21(8-4-2)17(22)13-9-12-5-6-14(18)11-15(12)20-16(19)10-13/h5-6,9,11H,1,3-4,7-8,10H2,2H3,(H2,19,20). The molecular weight excluding hydrogens is 342 g/mol. The molecule has 0 saturated heterocycles. The van der Waals surface area contributed by atoms with E-state index in [1.165, 1.54) is 0 Å². The summed E-state index contributed by atoms with van der Waals surface area (Å²) in [6.07, 6.45) is 3.90. The lowest BCUT2D eigenvalue weighted by atomic mass is 10.1. The van der Waals surface area contributed by atoms with Crippen LogP contribution in [0.2, 0.25) is 0 Å². The van der Waals surface area contributed by atoms with Crippen LogP contribution in [0.4, 0.5) is 5.69 Å². The quantitative estimate of drug-likeness (QED) is 0.868. The van der Waals surface area contributed by atoms with Crippen LogP contribution in [-0.4, -0.2) is 29.7 Å². The molecule has 0 fully saturated rings. The molecule has 0 spiro atoms. The van der Waals surface area contributed by atoms with Crippen LogP contribution in [-0.2, 0) is 4.79 Å². The summed E-state index contributed by atoms with van der Waals surface area (Å²) in [5.41, 5.74) is 8.37. The minimum absolute atomic E-state index is 0.0272. The molecule has 1 aliphatic rings. The van der Waals surface area contributed by atoms with Gasteiger partial charge in [0.2, 0.25) is 5.91 Å². The summed E-state index contributed by atoms with van der Waals surface area (Å²) in [7, 11) is 0. The van der Waals surface area contributed by atoms with Crippen LogP contribution < -0.4 is 5.73 Å². The maximum Gasteiger partial charge on any atom is 0.250 e. The van der Waals surface area contributed by atoms with E-state index in [-0.39, 0.29) is 5.91 Å². The number of nitrogens with two attached hydrogens (primary N) is 1. The van der Waals surface area contributed by atoms with E-state index in [1.807, 2.05) is 29.2 Å². The number of hydrogen-bond acceptors (Lipinski definition) is 3. The highest BCUT2D eigenvalue weighted by Crippen LogP contribution is 2.29. The summed E-state index contributed by atoms with van der Waals surface area (Å²) < 4.78 is 0.940. The molecule has 2 rings (SSSR count). The van der Waals surface area contributed by atoms with Gasteiger partial charge in [-0.2, -0.15) is 0 Å². The van der Waals surface area contributed by atoms with Gasteiger partial charge in [0, 0.05) is 35.1 Å². The third kappa shape index (κ3) is 3.97. The smallest absolute Gasteiger partial charge is 0.250 e. The molecule has 1 radical (unpaired) electrons. The molecule has 0 aromatic heterocycles. The number of amidine groups is 1. The molecule has 1 heterocycles. The van der Waals surface area contributed by atoms with Crippen molar-refractivity contribution in [3.63, 3.8) is 0 Å². The van der Waals surface area contributed by atoms with Crippen molar-refractivity contribution in [1.29, 1.82) is 0 Å². The Kier molecular flexibility index (Phi) is 5.77. The van der Waals surface area contributed by atoms with Gasteiger partial charge >= 0.3 is 0 Å². The number of nitrogens with zero attached hydrogens (tertiary/aromatic N) is 2. The first-order valence-electron chi connectivity index (χ1n) is 7.46. The maximum atomic E-state index is 12.8. The Bertz CT molecular complexity index is 616. The van der Waals surface area contributed by atoms with Crippen molar-refractivity contribution in [3.8, 4) is 0 Å². The molecular formula is C17H21BrN3O. The summed E-state index contributed by atoms with van der Waals surface area (Å²) in [5, 5.41) is 0. The zero-order valence-corrected chi connectivity index (χ0v) is 14.4. The number of benzene rings is 1. The fraction of sp³-hybridized carbons (Fsp3) is 0.353. The van der Waals surface area contributed by atoms with Gasteiger partial charge < -0.3 is 10.6 Å². The Morgan fingerprint density at radius 2 is 2.23 bits per heavy atom. The predicted octanol–water partition coefficient (Wildman–Crippen LogP) is 3.69. The van der Waals surface area contributed by atoms with E-state index in [4.69, 9.17) is 5.73 Å². The van der Waals surface area contributed by atoms with Gasteiger partial charge in [0.15, 0.2) is 0 Å². The second kappa shape index (κ2) is 7.58. The normalized spacial score (nSPS) is 13.8. The van der Waals surface area contributed by atoms with Gasteiger partial charge in [0.25, 0.3) is 0 Å². The average molecular weight is 363 g/mol. The van der Waals surface area contributed by atoms with Gasteiger partial charge in [-0.25, -0.2) is 4.99 Å². The lowest BCUT2D eigenvalue weighted by Gasteiger charge is -2.22. The molecule has 0 atom stereocenters. The first-order chi connectivity index (χ1) is 10.5. The minimum atomic E-state index is 0.0272. The summed E-state index contributed by atoms with van der Waals surface area (Å²) in [5.74, 6) is 0.488. The molecule has 1 aromatic carbocycles. The first-order valence-corrected chi connectivity index (χ1v) is 8.26. The van der Waals surface area contributed by atoms with E-state index in [1.54, 1.807) is 0 Å². The summed E-state index contributed by atoms with van der Waals surface area (Å²) in [6.45, 7) is 7.30. The molecule has 0 aliphatic carbocycles. The van der Waals surface area contributed by atoms with Gasteiger partial charge in [0.1, 0.15) is 5.84 Å². The molecule has 0 bridgehead atoms. The second-order valence-corrected chi connectivity index (χ2v) is 6.21. The van der Waals surface area contributed by atoms with Crippen molar-refractivity contribution in [3.05, 3.63) is 40.7 Å². The SMILES string of the molecule is [CH2]CCN(CCC)C(=O)C1=Cc2ccc(Br)cc2N=C(N)C1. The Hall–Kier alpha value is -1.62. The number of hydrogen-bond donors (Lipinski definition) is 1. The molecule has 0 unspecified atom stereocenters. The molecule has 2 N–H and O–H groups in total. The van der Waals surface area contributed by atoms with Crippen molar-refractivity contribution < 1.29 is 4.79 Å². The van der Waals surface area contributed by atoms with Crippen molar-refractivity contribution in [2.45, 2.75) is 26.2 Å². The lowest BCUT2D eigenvalue weighted by Crippen LogP contribution is -2.34. The van der Waals surface area contributed by atoms with Crippen molar-refractivity contribution >= 4 is 39.4 Å². The number of carbonyl (C=O) groups is 1. The summed E-state index contributed by atoms with van der Waals surface area (Å²) >= 11 is 3.43. The highest BCUT2D eigenvalue weighted by atomic mass is 79.9. The molecule has 0 saturated carbocycles. The topological polar surface area (TPSA) is 58.7 Å². The van der Waals surface area contributed by atoms with Gasteiger partial charge in [-0.1, -0.05) is 35.8 Å². The fourth-order valence-electron chi connectivity index (χ4n) is 2.48. The Morgan fingerprint density at radius 3 is 2.91 bits per heavy atom. The zero-order chi connectivity index (χ0) is 16.1. The third-order valence-electron chi connectivity index (χ3n) is 3.44. The second-order valence-electron chi connectivity index (χ2n) is 5.30. The van der Waals surface area contributed by atoms with Crippen LogP contribution in [0.1, 0.15) is 31.7 Å². The van der Waals surface area contributed by atoms with Crippen LogP contribution in [0.15, 0.2) is 33.2 Å². The highest BCUT2D eigenvalue weighted by Gasteiger charge is 2.20. The number of amides is 1. The summed E-state index contributed by atoms with van der Waals surface area (Å²) in [6, 6.07) is 5.79. The van der Waals surface area contributed by atoms with E-state index in [2.05, 4.69) is 34.8 Å².